The number of pyridine rings is 1. The number of anilines is 1. The lowest BCUT2D eigenvalue weighted by Gasteiger charge is -2.22. The Labute approximate surface area is 138 Å². The Balaban J connectivity index is 2.68. The van der Waals surface area contributed by atoms with Crippen LogP contribution >= 0.6 is 27.5 Å². The second-order valence-corrected chi connectivity index (χ2v) is 6.87. The maximum atomic E-state index is 6.22. The third-order valence-corrected chi connectivity index (χ3v) is 3.93. The zero-order valence-electron chi connectivity index (χ0n) is 12.5. The number of hydrogen-bond acceptors (Lipinski definition) is 4. The molecule has 6 heteroatoms. The molecule has 2 aromatic heterocycles. The first-order chi connectivity index (χ1) is 9.84. The molecule has 0 radical (unpaired) electrons. The average Bonchev–Trinajstić information content (AvgIpc) is 2.41. The third kappa shape index (κ3) is 3.52. The van der Waals surface area contributed by atoms with Gasteiger partial charge in [-0.25, -0.2) is 9.97 Å². The molecule has 0 amide bonds. The van der Waals surface area contributed by atoms with Gasteiger partial charge in [-0.15, -0.1) is 0 Å². The van der Waals surface area contributed by atoms with Crippen molar-refractivity contribution in [3.8, 4) is 11.5 Å². The van der Waals surface area contributed by atoms with Crippen molar-refractivity contribution in [2.45, 2.75) is 33.1 Å². The molecule has 0 saturated carbocycles. The van der Waals surface area contributed by atoms with E-state index in [2.05, 4.69) is 57.0 Å². The lowest BCUT2D eigenvalue weighted by molar-refractivity contribution is 0.564. The first-order valence-electron chi connectivity index (χ1n) is 6.77. The Kier molecular flexibility index (Phi) is 4.84. The van der Waals surface area contributed by atoms with Crippen molar-refractivity contribution in [3.63, 3.8) is 0 Å². The van der Waals surface area contributed by atoms with E-state index < -0.39 is 0 Å². The largest absolute Gasteiger partial charge is 0.369 e. The van der Waals surface area contributed by atoms with Crippen LogP contribution in [0.2, 0.25) is 5.02 Å². The molecule has 21 heavy (non-hydrogen) atoms. The van der Waals surface area contributed by atoms with Gasteiger partial charge in [-0.1, -0.05) is 32.4 Å². The maximum absolute atomic E-state index is 6.22. The lowest BCUT2D eigenvalue weighted by atomic mass is 9.92. The highest BCUT2D eigenvalue weighted by Crippen LogP contribution is 2.35. The molecular weight excluding hydrogens is 352 g/mol. The fourth-order valence-electron chi connectivity index (χ4n) is 1.88. The molecule has 4 nitrogen and oxygen atoms in total. The average molecular weight is 370 g/mol. The highest BCUT2D eigenvalue weighted by molar-refractivity contribution is 9.10. The van der Waals surface area contributed by atoms with Gasteiger partial charge < -0.3 is 5.32 Å². The van der Waals surface area contributed by atoms with E-state index in [9.17, 15) is 0 Å². The van der Waals surface area contributed by atoms with Gasteiger partial charge in [-0.2, -0.15) is 0 Å². The predicted molar refractivity (Wildman–Crippen MR) is 90.8 cm³/mol. The Morgan fingerprint density at radius 3 is 2.57 bits per heavy atom. The summed E-state index contributed by atoms with van der Waals surface area (Å²) in [6, 6.07) is 3.58. The van der Waals surface area contributed by atoms with E-state index in [1.807, 2.05) is 6.92 Å². The molecule has 0 bridgehead atoms. The number of halogens is 2. The summed E-state index contributed by atoms with van der Waals surface area (Å²) in [4.78, 5) is 13.5. The maximum Gasteiger partial charge on any atom is 0.182 e. The number of nitrogens with zero attached hydrogens (tertiary/aromatic N) is 3. The molecule has 0 aliphatic rings. The number of nitrogens with one attached hydrogen (secondary N) is 1. The lowest BCUT2D eigenvalue weighted by Crippen LogP contribution is -2.17. The van der Waals surface area contributed by atoms with Crippen LogP contribution in [0.3, 0.4) is 0 Å². The van der Waals surface area contributed by atoms with Crippen molar-refractivity contribution in [2.24, 2.45) is 0 Å². The molecule has 0 unspecified atom stereocenters. The van der Waals surface area contributed by atoms with Gasteiger partial charge in [0.05, 0.1) is 15.2 Å². The number of aromatic nitrogens is 3. The number of rotatable bonds is 3. The molecule has 1 N–H and O–H groups in total. The van der Waals surface area contributed by atoms with Crippen LogP contribution in [0.4, 0.5) is 5.82 Å². The summed E-state index contributed by atoms with van der Waals surface area (Å²) in [5.41, 5.74) is 1.39. The standard InChI is InChI=1S/C15H18BrClN4/c1-5-18-13-10(16)12(15(2,3)4)20-14(21-13)11-9(17)7-6-8-19-11/h6-8H,5H2,1-4H3,(H,18,20,21). The van der Waals surface area contributed by atoms with Crippen LogP contribution in [-0.4, -0.2) is 21.5 Å². The van der Waals surface area contributed by atoms with Gasteiger partial charge in [-0.05, 0) is 35.0 Å². The molecule has 0 aromatic carbocycles. The molecule has 112 valence electrons. The van der Waals surface area contributed by atoms with Crippen LogP contribution < -0.4 is 5.32 Å². The molecule has 0 fully saturated rings. The molecule has 2 aromatic rings. The summed E-state index contributed by atoms with van der Waals surface area (Å²) >= 11 is 9.82. The molecule has 0 aliphatic carbocycles. The topological polar surface area (TPSA) is 50.7 Å². The van der Waals surface area contributed by atoms with E-state index in [4.69, 9.17) is 11.6 Å². The van der Waals surface area contributed by atoms with Crippen molar-refractivity contribution in [1.29, 1.82) is 0 Å². The monoisotopic (exact) mass is 368 g/mol. The van der Waals surface area contributed by atoms with E-state index >= 15 is 0 Å². The van der Waals surface area contributed by atoms with Gasteiger partial charge in [-0.3, -0.25) is 4.98 Å². The fraction of sp³-hybridized carbons (Fsp3) is 0.400. The van der Waals surface area contributed by atoms with E-state index in [1.54, 1.807) is 18.3 Å². The smallest absolute Gasteiger partial charge is 0.182 e. The highest BCUT2D eigenvalue weighted by Gasteiger charge is 2.24. The molecule has 0 spiro atoms. The summed E-state index contributed by atoms with van der Waals surface area (Å²) in [6.07, 6.45) is 1.69. The SMILES string of the molecule is CCNc1nc(-c2ncccc2Cl)nc(C(C)(C)C)c1Br. The van der Waals surface area contributed by atoms with Crippen molar-refractivity contribution < 1.29 is 0 Å². The first-order valence-corrected chi connectivity index (χ1v) is 7.94. The predicted octanol–water partition coefficient (Wildman–Crippen LogP) is 4.68. The van der Waals surface area contributed by atoms with Gasteiger partial charge in [0.2, 0.25) is 0 Å². The van der Waals surface area contributed by atoms with Crippen LogP contribution in [0.5, 0.6) is 0 Å². The Bertz CT molecular complexity index is 653. The highest BCUT2D eigenvalue weighted by atomic mass is 79.9. The van der Waals surface area contributed by atoms with E-state index in [0.717, 1.165) is 22.5 Å². The second kappa shape index (κ2) is 6.28. The Morgan fingerprint density at radius 1 is 1.29 bits per heavy atom. The molecule has 0 aliphatic heterocycles. The van der Waals surface area contributed by atoms with Crippen molar-refractivity contribution >= 4 is 33.3 Å². The molecular formula is C15H18BrClN4. The normalized spacial score (nSPS) is 11.5. The minimum absolute atomic E-state index is 0.123. The summed E-state index contributed by atoms with van der Waals surface area (Å²) in [6.45, 7) is 9.13. The summed E-state index contributed by atoms with van der Waals surface area (Å²) < 4.78 is 0.882. The summed E-state index contributed by atoms with van der Waals surface area (Å²) in [5.74, 6) is 1.29. The van der Waals surface area contributed by atoms with E-state index in [-0.39, 0.29) is 5.41 Å². The van der Waals surface area contributed by atoms with Gasteiger partial charge in [0.15, 0.2) is 5.82 Å². The van der Waals surface area contributed by atoms with E-state index in [1.165, 1.54) is 0 Å². The second-order valence-electron chi connectivity index (χ2n) is 5.67. The first kappa shape index (κ1) is 16.2. The molecule has 0 saturated heterocycles. The van der Waals surface area contributed by atoms with Crippen LogP contribution in [-0.2, 0) is 5.41 Å². The van der Waals surface area contributed by atoms with Gasteiger partial charge >= 0.3 is 0 Å². The Morgan fingerprint density at radius 2 is 2.00 bits per heavy atom. The summed E-state index contributed by atoms with van der Waals surface area (Å²) in [5, 5.41) is 3.79. The quantitative estimate of drug-likeness (QED) is 0.853. The van der Waals surface area contributed by atoms with Gasteiger partial charge in [0.25, 0.3) is 0 Å². The van der Waals surface area contributed by atoms with Crippen molar-refractivity contribution in [1.82, 2.24) is 15.0 Å². The van der Waals surface area contributed by atoms with Crippen molar-refractivity contribution in [2.75, 3.05) is 11.9 Å². The zero-order valence-corrected chi connectivity index (χ0v) is 14.9. The fourth-order valence-corrected chi connectivity index (χ4v) is 3.00. The van der Waals surface area contributed by atoms with E-state index in [0.29, 0.717) is 16.5 Å². The third-order valence-electron chi connectivity index (χ3n) is 2.88. The Hall–Kier alpha value is -1.20. The minimum atomic E-state index is -0.123. The molecule has 2 heterocycles. The van der Waals surface area contributed by atoms with Crippen LogP contribution in [0.1, 0.15) is 33.4 Å². The molecule has 2 rings (SSSR count). The zero-order chi connectivity index (χ0) is 15.6. The van der Waals surface area contributed by atoms with Gasteiger partial charge in [0, 0.05) is 18.2 Å². The summed E-state index contributed by atoms with van der Waals surface area (Å²) in [7, 11) is 0. The minimum Gasteiger partial charge on any atom is -0.369 e. The van der Waals surface area contributed by atoms with Crippen molar-refractivity contribution in [3.05, 3.63) is 33.5 Å². The van der Waals surface area contributed by atoms with Crippen LogP contribution in [0, 0.1) is 0 Å². The van der Waals surface area contributed by atoms with Crippen LogP contribution in [0.25, 0.3) is 11.5 Å². The van der Waals surface area contributed by atoms with Crippen LogP contribution in [0.15, 0.2) is 22.8 Å². The van der Waals surface area contributed by atoms with Gasteiger partial charge in [0.1, 0.15) is 11.5 Å². The molecule has 0 atom stereocenters. The number of hydrogen-bond donors (Lipinski definition) is 1.